The Kier molecular flexibility index (Phi) is 5.32. The van der Waals surface area contributed by atoms with Crippen molar-refractivity contribution in [1.82, 2.24) is 4.90 Å². The Morgan fingerprint density at radius 3 is 2.63 bits per heavy atom. The van der Waals surface area contributed by atoms with Crippen LogP contribution in [0.5, 0.6) is 0 Å². The first kappa shape index (κ1) is 15.5. The Balaban J connectivity index is 0.00000180. The van der Waals surface area contributed by atoms with Crippen molar-refractivity contribution < 1.29 is 9.59 Å². The maximum atomic E-state index is 12.3. The first-order valence-corrected chi connectivity index (χ1v) is 5.97. The number of hydrogen-bond donors (Lipinski definition) is 1. The van der Waals surface area contributed by atoms with Crippen molar-refractivity contribution in [2.45, 2.75) is 12.5 Å². The lowest BCUT2D eigenvalue weighted by atomic mass is 10.2. The van der Waals surface area contributed by atoms with Gasteiger partial charge in [0.05, 0.1) is 6.54 Å². The van der Waals surface area contributed by atoms with Gasteiger partial charge in [-0.25, -0.2) is 0 Å². The van der Waals surface area contributed by atoms with E-state index < -0.39 is 0 Å². The van der Waals surface area contributed by atoms with E-state index in [0.717, 1.165) is 5.69 Å². The van der Waals surface area contributed by atoms with Crippen LogP contribution in [0.2, 0.25) is 0 Å². The third-order valence-electron chi connectivity index (χ3n) is 3.28. The van der Waals surface area contributed by atoms with E-state index in [-0.39, 0.29) is 36.8 Å². The van der Waals surface area contributed by atoms with Gasteiger partial charge in [-0.3, -0.25) is 9.59 Å². The van der Waals surface area contributed by atoms with Crippen LogP contribution in [0.4, 0.5) is 5.69 Å². The van der Waals surface area contributed by atoms with Gasteiger partial charge in [0.15, 0.2) is 0 Å². The fourth-order valence-electron chi connectivity index (χ4n) is 2.21. The number of nitrogens with zero attached hydrogens (tertiary/aromatic N) is 2. The highest BCUT2D eigenvalue weighted by molar-refractivity contribution is 6.01. The average Bonchev–Trinajstić information content (AvgIpc) is 2.80. The topological polar surface area (TPSA) is 66.6 Å². The Labute approximate surface area is 118 Å². The molecular weight excluding hydrogens is 266 g/mol. The number of carbonyl (C=O) groups is 2. The van der Waals surface area contributed by atoms with E-state index in [2.05, 4.69) is 0 Å². The van der Waals surface area contributed by atoms with Crippen LogP contribution in [0, 0.1) is 0 Å². The molecule has 6 heteroatoms. The molecule has 2 N–H and O–H groups in total. The van der Waals surface area contributed by atoms with Crippen LogP contribution >= 0.6 is 12.4 Å². The Morgan fingerprint density at radius 2 is 2.05 bits per heavy atom. The summed E-state index contributed by atoms with van der Waals surface area (Å²) in [5.74, 6) is -0.242. The van der Waals surface area contributed by atoms with E-state index in [4.69, 9.17) is 5.73 Å². The molecule has 1 fully saturated rings. The fourth-order valence-corrected chi connectivity index (χ4v) is 2.21. The standard InChI is InChI=1S/C13H17N3O2.ClH/c1-15(12(17)9-14)11-7-8-16(13(11)18)10-5-3-2-4-6-10;/h2-6,11H,7-9,14H2,1H3;1H. The summed E-state index contributed by atoms with van der Waals surface area (Å²) in [4.78, 5) is 26.9. The summed E-state index contributed by atoms with van der Waals surface area (Å²) in [6, 6.07) is 9.10. The van der Waals surface area contributed by atoms with Crippen LogP contribution in [-0.2, 0) is 9.59 Å². The molecule has 2 amide bonds. The zero-order chi connectivity index (χ0) is 13.1. The van der Waals surface area contributed by atoms with Gasteiger partial charge in [0.25, 0.3) is 0 Å². The number of hydrogen-bond acceptors (Lipinski definition) is 3. The van der Waals surface area contributed by atoms with Gasteiger partial charge in [0.1, 0.15) is 6.04 Å². The maximum absolute atomic E-state index is 12.3. The molecule has 19 heavy (non-hydrogen) atoms. The molecule has 0 saturated carbocycles. The summed E-state index contributed by atoms with van der Waals surface area (Å²) in [5.41, 5.74) is 6.19. The van der Waals surface area contributed by atoms with Crippen molar-refractivity contribution >= 4 is 29.9 Å². The predicted octanol–water partition coefficient (Wildman–Crippen LogP) is 0.631. The molecule has 104 valence electrons. The number of rotatable bonds is 3. The smallest absolute Gasteiger partial charge is 0.249 e. The summed E-state index contributed by atoms with van der Waals surface area (Å²) in [5, 5.41) is 0. The molecule has 1 aliphatic rings. The van der Waals surface area contributed by atoms with Crippen LogP contribution in [0.15, 0.2) is 30.3 Å². The lowest BCUT2D eigenvalue weighted by Crippen LogP contribution is -2.45. The summed E-state index contributed by atoms with van der Waals surface area (Å²) in [6.07, 6.45) is 0.649. The monoisotopic (exact) mass is 283 g/mol. The van der Waals surface area contributed by atoms with Gasteiger partial charge in [-0.15, -0.1) is 12.4 Å². The third kappa shape index (κ3) is 3.05. The number of likely N-dealkylation sites (N-methyl/N-ethyl adjacent to an activating group) is 1. The lowest BCUT2D eigenvalue weighted by molar-refractivity contribution is -0.135. The van der Waals surface area contributed by atoms with Crippen molar-refractivity contribution in [1.29, 1.82) is 0 Å². The summed E-state index contributed by atoms with van der Waals surface area (Å²) in [6.45, 7) is 0.571. The second-order valence-electron chi connectivity index (χ2n) is 4.34. The van der Waals surface area contributed by atoms with Crippen molar-refractivity contribution in [3.63, 3.8) is 0 Å². The van der Waals surface area contributed by atoms with E-state index in [0.29, 0.717) is 13.0 Å². The van der Waals surface area contributed by atoms with Crippen LogP contribution in [-0.4, -0.2) is 42.9 Å². The summed E-state index contributed by atoms with van der Waals surface area (Å²) in [7, 11) is 1.63. The molecule has 0 bridgehead atoms. The van der Waals surface area contributed by atoms with Crippen molar-refractivity contribution in [3.8, 4) is 0 Å². The number of benzene rings is 1. The normalized spacial score (nSPS) is 18.1. The molecular formula is C13H18ClN3O2. The number of nitrogens with two attached hydrogens (primary N) is 1. The molecule has 1 aromatic carbocycles. The Hall–Kier alpha value is -1.59. The van der Waals surface area contributed by atoms with Crippen LogP contribution in [0.25, 0.3) is 0 Å². The highest BCUT2D eigenvalue weighted by Gasteiger charge is 2.36. The Bertz CT molecular complexity index is 452. The fraction of sp³-hybridized carbons (Fsp3) is 0.385. The molecule has 0 radical (unpaired) electrons. The van der Waals surface area contributed by atoms with Gasteiger partial charge in [-0.2, -0.15) is 0 Å². The van der Waals surface area contributed by atoms with Crippen molar-refractivity contribution in [2.75, 3.05) is 25.0 Å². The van der Waals surface area contributed by atoms with E-state index in [1.165, 1.54) is 4.90 Å². The maximum Gasteiger partial charge on any atom is 0.249 e. The van der Waals surface area contributed by atoms with Crippen molar-refractivity contribution in [2.24, 2.45) is 5.73 Å². The minimum absolute atomic E-state index is 0. The molecule has 0 spiro atoms. The molecule has 0 aliphatic carbocycles. The number of carbonyl (C=O) groups excluding carboxylic acids is 2. The minimum atomic E-state index is -0.388. The molecule has 1 unspecified atom stereocenters. The molecule has 1 saturated heterocycles. The quantitative estimate of drug-likeness (QED) is 0.885. The molecule has 1 aliphatic heterocycles. The minimum Gasteiger partial charge on any atom is -0.333 e. The van der Waals surface area contributed by atoms with Gasteiger partial charge in [0.2, 0.25) is 11.8 Å². The second-order valence-corrected chi connectivity index (χ2v) is 4.34. The molecule has 5 nitrogen and oxygen atoms in total. The van der Waals surface area contributed by atoms with E-state index >= 15 is 0 Å². The van der Waals surface area contributed by atoms with Gasteiger partial charge >= 0.3 is 0 Å². The number of para-hydroxylation sites is 1. The SMILES string of the molecule is CN(C(=O)CN)C1CCN(c2ccccc2)C1=O.Cl. The molecule has 0 aromatic heterocycles. The van der Waals surface area contributed by atoms with Crippen LogP contribution in [0.1, 0.15) is 6.42 Å². The molecule has 1 heterocycles. The van der Waals surface area contributed by atoms with E-state index in [1.54, 1.807) is 11.9 Å². The van der Waals surface area contributed by atoms with Gasteiger partial charge in [-0.05, 0) is 18.6 Å². The van der Waals surface area contributed by atoms with Gasteiger partial charge in [-0.1, -0.05) is 18.2 Å². The third-order valence-corrected chi connectivity index (χ3v) is 3.28. The van der Waals surface area contributed by atoms with E-state index in [1.807, 2.05) is 30.3 Å². The number of anilines is 1. The largest absolute Gasteiger partial charge is 0.333 e. The van der Waals surface area contributed by atoms with Crippen LogP contribution in [0.3, 0.4) is 0 Å². The van der Waals surface area contributed by atoms with Crippen LogP contribution < -0.4 is 10.6 Å². The number of amides is 2. The predicted molar refractivity (Wildman–Crippen MR) is 76.3 cm³/mol. The highest BCUT2D eigenvalue weighted by atomic mass is 35.5. The zero-order valence-electron chi connectivity index (χ0n) is 10.8. The average molecular weight is 284 g/mol. The van der Waals surface area contributed by atoms with Gasteiger partial charge < -0.3 is 15.5 Å². The van der Waals surface area contributed by atoms with E-state index in [9.17, 15) is 9.59 Å². The molecule has 1 aromatic rings. The van der Waals surface area contributed by atoms with Gasteiger partial charge in [0, 0.05) is 19.3 Å². The molecule has 1 atom stereocenters. The summed E-state index contributed by atoms with van der Waals surface area (Å²) < 4.78 is 0. The highest BCUT2D eigenvalue weighted by Crippen LogP contribution is 2.23. The Morgan fingerprint density at radius 1 is 1.42 bits per heavy atom. The number of halogens is 1. The summed E-state index contributed by atoms with van der Waals surface area (Å²) >= 11 is 0. The zero-order valence-corrected chi connectivity index (χ0v) is 11.6. The second kappa shape index (κ2) is 6.54. The first-order chi connectivity index (χ1) is 8.65. The lowest BCUT2D eigenvalue weighted by Gasteiger charge is -2.23. The molecule has 2 rings (SSSR count). The van der Waals surface area contributed by atoms with Crippen molar-refractivity contribution in [3.05, 3.63) is 30.3 Å². The first-order valence-electron chi connectivity index (χ1n) is 5.97.